The lowest BCUT2D eigenvalue weighted by Crippen LogP contribution is -2.29. The van der Waals surface area contributed by atoms with Gasteiger partial charge in [0.15, 0.2) is 0 Å². The van der Waals surface area contributed by atoms with E-state index in [9.17, 15) is 15.0 Å². The fourth-order valence-electron chi connectivity index (χ4n) is 2.61. The normalized spacial score (nSPS) is 11.8. The van der Waals surface area contributed by atoms with Crippen molar-refractivity contribution in [3.63, 3.8) is 0 Å². The fourth-order valence-corrected chi connectivity index (χ4v) is 2.61. The average Bonchev–Trinajstić information content (AvgIpc) is 3.12. The van der Waals surface area contributed by atoms with Crippen LogP contribution >= 0.6 is 0 Å². The van der Waals surface area contributed by atoms with Crippen molar-refractivity contribution in [2.75, 3.05) is 0 Å². The minimum absolute atomic E-state index is 0.135. The van der Waals surface area contributed by atoms with E-state index in [-0.39, 0.29) is 23.1 Å². The number of carbonyl (C=O) groups is 1. The van der Waals surface area contributed by atoms with Crippen LogP contribution in [0.1, 0.15) is 28.4 Å². The highest BCUT2D eigenvalue weighted by molar-refractivity contribution is 5.99. The highest BCUT2D eigenvalue weighted by atomic mass is 16.3. The maximum absolute atomic E-state index is 12.6. The molecule has 7 nitrogen and oxygen atoms in total. The number of carbonyl (C=O) groups excluding carboxylic acids is 1. The molecule has 0 saturated heterocycles. The molecule has 0 spiro atoms. The van der Waals surface area contributed by atoms with Gasteiger partial charge in [-0.15, -0.1) is 0 Å². The Morgan fingerprint density at radius 2 is 1.80 bits per heavy atom. The molecular weight excluding hydrogens is 320 g/mol. The Hall–Kier alpha value is -3.35. The van der Waals surface area contributed by atoms with Crippen LogP contribution in [-0.4, -0.2) is 30.9 Å². The topological polar surface area (TPSA) is 100 Å². The number of nitrogens with one attached hydrogen (secondary N) is 1. The van der Waals surface area contributed by atoms with Crippen molar-refractivity contribution in [2.45, 2.75) is 19.0 Å². The van der Waals surface area contributed by atoms with Gasteiger partial charge in [-0.05, 0) is 24.1 Å². The van der Waals surface area contributed by atoms with E-state index in [4.69, 9.17) is 0 Å². The van der Waals surface area contributed by atoms with E-state index >= 15 is 0 Å². The van der Waals surface area contributed by atoms with Crippen LogP contribution in [-0.2, 0) is 6.54 Å². The summed E-state index contributed by atoms with van der Waals surface area (Å²) < 4.78 is 1.68. The van der Waals surface area contributed by atoms with Crippen LogP contribution in [0.4, 0.5) is 0 Å². The Kier molecular flexibility index (Phi) is 4.94. The van der Waals surface area contributed by atoms with Crippen molar-refractivity contribution >= 4 is 5.91 Å². The fraction of sp³-hybridized carbons (Fsp3) is 0.167. The van der Waals surface area contributed by atoms with Crippen molar-refractivity contribution in [3.05, 3.63) is 72.3 Å². The third kappa shape index (κ3) is 3.95. The number of phenolic OH excluding ortho intramolecular Hbond substituents is 2. The van der Waals surface area contributed by atoms with E-state index in [0.717, 1.165) is 5.56 Å². The number of hydrogen-bond acceptors (Lipinski definition) is 5. The summed E-state index contributed by atoms with van der Waals surface area (Å²) in [5.41, 5.74) is 0.787. The van der Waals surface area contributed by atoms with Crippen molar-refractivity contribution in [2.24, 2.45) is 0 Å². The predicted molar refractivity (Wildman–Crippen MR) is 91.1 cm³/mol. The summed E-state index contributed by atoms with van der Waals surface area (Å²) in [5.74, 6) is -1.07. The molecule has 2 aromatic carbocycles. The molecule has 3 rings (SSSR count). The van der Waals surface area contributed by atoms with Crippen molar-refractivity contribution in [1.29, 1.82) is 0 Å². The molecule has 0 aliphatic carbocycles. The highest BCUT2D eigenvalue weighted by Crippen LogP contribution is 2.27. The lowest BCUT2D eigenvalue weighted by molar-refractivity contribution is 0.0928. The number of phenols is 2. The van der Waals surface area contributed by atoms with Gasteiger partial charge in [0, 0.05) is 6.54 Å². The molecule has 128 valence electrons. The molecule has 0 aliphatic rings. The monoisotopic (exact) mass is 338 g/mol. The van der Waals surface area contributed by atoms with Crippen LogP contribution in [0.2, 0.25) is 0 Å². The van der Waals surface area contributed by atoms with Gasteiger partial charge in [-0.1, -0.05) is 36.4 Å². The second-order valence-electron chi connectivity index (χ2n) is 5.56. The van der Waals surface area contributed by atoms with Gasteiger partial charge in [-0.3, -0.25) is 9.48 Å². The Morgan fingerprint density at radius 3 is 2.44 bits per heavy atom. The Balaban J connectivity index is 1.80. The number of hydrogen-bond donors (Lipinski definition) is 3. The van der Waals surface area contributed by atoms with Crippen LogP contribution in [0.5, 0.6) is 11.5 Å². The third-order valence-electron chi connectivity index (χ3n) is 3.87. The zero-order valence-corrected chi connectivity index (χ0v) is 13.4. The number of rotatable bonds is 6. The van der Waals surface area contributed by atoms with Crippen LogP contribution in [0.15, 0.2) is 61.2 Å². The van der Waals surface area contributed by atoms with E-state index in [1.807, 2.05) is 30.3 Å². The van der Waals surface area contributed by atoms with E-state index in [1.165, 1.54) is 24.5 Å². The second-order valence-corrected chi connectivity index (χ2v) is 5.56. The molecule has 3 N–H and O–H groups in total. The minimum atomic E-state index is -0.539. The summed E-state index contributed by atoms with van der Waals surface area (Å²) in [6.45, 7) is 0.562. The largest absolute Gasteiger partial charge is 0.507 e. The first kappa shape index (κ1) is 16.5. The molecule has 1 atom stereocenters. The third-order valence-corrected chi connectivity index (χ3v) is 3.87. The van der Waals surface area contributed by atoms with Crippen molar-refractivity contribution < 1.29 is 15.0 Å². The lowest BCUT2D eigenvalue weighted by Gasteiger charge is -2.20. The highest BCUT2D eigenvalue weighted by Gasteiger charge is 2.20. The number of nitrogens with zero attached hydrogens (tertiary/aromatic N) is 3. The lowest BCUT2D eigenvalue weighted by atomic mass is 10.0. The molecule has 1 heterocycles. The molecule has 0 fully saturated rings. The van der Waals surface area contributed by atoms with Gasteiger partial charge in [0.1, 0.15) is 29.7 Å². The number of amides is 1. The minimum Gasteiger partial charge on any atom is -0.507 e. The molecule has 1 unspecified atom stereocenters. The van der Waals surface area contributed by atoms with Crippen molar-refractivity contribution in [1.82, 2.24) is 20.1 Å². The second kappa shape index (κ2) is 7.48. The molecule has 0 radical (unpaired) electrons. The number of aromatic nitrogens is 3. The van der Waals surface area contributed by atoms with E-state index in [0.29, 0.717) is 13.0 Å². The molecule has 7 heteroatoms. The van der Waals surface area contributed by atoms with Gasteiger partial charge < -0.3 is 15.5 Å². The van der Waals surface area contributed by atoms with Crippen LogP contribution in [0.3, 0.4) is 0 Å². The molecule has 1 amide bonds. The standard InChI is InChI=1S/C18H18N4O3/c23-15-7-4-8-16(24)17(15)18(25)21-14(13-5-2-1-3-6-13)9-10-22-12-19-11-20-22/h1-8,11-12,14,23-24H,9-10H2,(H,21,25). The first-order chi connectivity index (χ1) is 12.1. The molecular formula is C18H18N4O3. The quantitative estimate of drug-likeness (QED) is 0.640. The first-order valence-electron chi connectivity index (χ1n) is 7.84. The van der Waals surface area contributed by atoms with Gasteiger partial charge in [0.2, 0.25) is 0 Å². The predicted octanol–water partition coefficient (Wildman–Crippen LogP) is 2.25. The Bertz CT molecular complexity index is 815. The summed E-state index contributed by atoms with van der Waals surface area (Å²) in [6, 6.07) is 13.4. The smallest absolute Gasteiger partial charge is 0.259 e. The summed E-state index contributed by atoms with van der Waals surface area (Å²) in [6.07, 6.45) is 3.64. The van der Waals surface area contributed by atoms with Crippen molar-refractivity contribution in [3.8, 4) is 11.5 Å². The average molecular weight is 338 g/mol. The number of aromatic hydroxyl groups is 2. The maximum Gasteiger partial charge on any atom is 0.259 e. The molecule has 25 heavy (non-hydrogen) atoms. The van der Waals surface area contributed by atoms with E-state index in [1.54, 1.807) is 11.0 Å². The Labute approximate surface area is 144 Å². The molecule has 0 aliphatic heterocycles. The zero-order valence-electron chi connectivity index (χ0n) is 13.4. The Morgan fingerprint density at radius 1 is 1.08 bits per heavy atom. The molecule has 3 aromatic rings. The van der Waals surface area contributed by atoms with Gasteiger partial charge in [0.05, 0.1) is 6.04 Å². The number of benzene rings is 2. The molecule has 1 aromatic heterocycles. The molecule has 0 bridgehead atoms. The summed E-state index contributed by atoms with van der Waals surface area (Å²) in [7, 11) is 0. The zero-order chi connectivity index (χ0) is 17.6. The van der Waals surface area contributed by atoms with Crippen LogP contribution in [0, 0.1) is 0 Å². The summed E-state index contributed by atoms with van der Waals surface area (Å²) in [4.78, 5) is 16.5. The van der Waals surface area contributed by atoms with Crippen LogP contribution in [0.25, 0.3) is 0 Å². The van der Waals surface area contributed by atoms with E-state index < -0.39 is 5.91 Å². The van der Waals surface area contributed by atoms with Gasteiger partial charge in [-0.2, -0.15) is 5.10 Å². The summed E-state index contributed by atoms with van der Waals surface area (Å²) >= 11 is 0. The maximum atomic E-state index is 12.6. The van der Waals surface area contributed by atoms with Gasteiger partial charge in [-0.25, -0.2) is 4.98 Å². The van der Waals surface area contributed by atoms with Gasteiger partial charge in [0.25, 0.3) is 5.91 Å². The van der Waals surface area contributed by atoms with Gasteiger partial charge >= 0.3 is 0 Å². The SMILES string of the molecule is O=C(NC(CCn1cncn1)c1ccccc1)c1c(O)cccc1O. The molecule has 0 saturated carbocycles. The number of aryl methyl sites for hydroxylation is 1. The van der Waals surface area contributed by atoms with E-state index in [2.05, 4.69) is 15.4 Å². The first-order valence-corrected chi connectivity index (χ1v) is 7.84. The summed E-state index contributed by atoms with van der Waals surface area (Å²) in [5, 5.41) is 26.7. The van der Waals surface area contributed by atoms with Crippen LogP contribution < -0.4 is 5.32 Å².